The highest BCUT2D eigenvalue weighted by atomic mass is 19.4. The van der Waals surface area contributed by atoms with Gasteiger partial charge in [-0.1, -0.05) is 24.3 Å². The van der Waals surface area contributed by atoms with Crippen LogP contribution in [-0.2, 0) is 9.59 Å². The van der Waals surface area contributed by atoms with Crippen LogP contribution in [0.5, 0.6) is 0 Å². The fraction of sp³-hybridized carbons (Fsp3) is 0.278. The zero-order valence-electron chi connectivity index (χ0n) is 14.3. The Balaban J connectivity index is 2.25. The molecule has 0 bridgehead atoms. The summed E-state index contributed by atoms with van der Waals surface area (Å²) in [6.45, 7) is 1.34. The minimum Gasteiger partial charge on any atom is -0.479 e. The SMILES string of the molecule is CC(C)(C(=O)NC(C(=O)O)c1ccc(-c2ccc(C=O)o2)cc1)C(F)(F)F. The first-order chi connectivity index (χ1) is 12.5. The first kappa shape index (κ1) is 20.2. The van der Waals surface area contributed by atoms with Crippen LogP contribution in [0.2, 0.25) is 0 Å². The third-order valence-electron chi connectivity index (χ3n) is 4.07. The molecular formula is C18H16F3NO5. The highest BCUT2D eigenvalue weighted by molar-refractivity contribution is 5.88. The largest absolute Gasteiger partial charge is 0.479 e. The third-order valence-corrected chi connectivity index (χ3v) is 4.07. The van der Waals surface area contributed by atoms with E-state index in [2.05, 4.69) is 0 Å². The summed E-state index contributed by atoms with van der Waals surface area (Å²) in [6.07, 6.45) is -4.31. The van der Waals surface area contributed by atoms with E-state index in [1.165, 1.54) is 30.3 Å². The van der Waals surface area contributed by atoms with Gasteiger partial charge in [-0.15, -0.1) is 0 Å². The monoisotopic (exact) mass is 383 g/mol. The molecular weight excluding hydrogens is 367 g/mol. The number of amides is 1. The van der Waals surface area contributed by atoms with Crippen molar-refractivity contribution >= 4 is 18.2 Å². The lowest BCUT2D eigenvalue weighted by atomic mass is 9.90. The molecule has 1 heterocycles. The standard InChI is InChI=1S/C18H16F3NO5/c1-17(2,18(19,20)21)16(26)22-14(15(24)25)11-5-3-10(4-6-11)13-8-7-12(9-23)27-13/h3-9,14H,1-2H3,(H,22,26)(H,24,25). The lowest BCUT2D eigenvalue weighted by Gasteiger charge is -2.28. The average Bonchev–Trinajstić information content (AvgIpc) is 3.07. The van der Waals surface area contributed by atoms with E-state index in [1.54, 1.807) is 6.07 Å². The number of benzene rings is 1. The Hall–Kier alpha value is -3.10. The van der Waals surface area contributed by atoms with Crippen LogP contribution in [0.4, 0.5) is 13.2 Å². The first-order valence-corrected chi connectivity index (χ1v) is 7.73. The smallest absolute Gasteiger partial charge is 0.402 e. The van der Waals surface area contributed by atoms with E-state index in [0.717, 1.165) is 0 Å². The molecule has 0 aliphatic heterocycles. The minimum atomic E-state index is -4.83. The molecule has 1 unspecified atom stereocenters. The number of carbonyl (C=O) groups is 3. The summed E-state index contributed by atoms with van der Waals surface area (Å²) < 4.78 is 44.1. The summed E-state index contributed by atoms with van der Waals surface area (Å²) in [6, 6.07) is 6.97. The van der Waals surface area contributed by atoms with Crippen LogP contribution in [0, 0.1) is 5.41 Å². The van der Waals surface area contributed by atoms with Gasteiger partial charge in [-0.05, 0) is 31.5 Å². The second-order valence-electron chi connectivity index (χ2n) is 6.31. The van der Waals surface area contributed by atoms with Crippen molar-refractivity contribution in [3.8, 4) is 11.3 Å². The molecule has 144 valence electrons. The van der Waals surface area contributed by atoms with Gasteiger partial charge in [-0.2, -0.15) is 13.2 Å². The van der Waals surface area contributed by atoms with E-state index in [1.807, 2.05) is 5.32 Å². The molecule has 0 aliphatic rings. The van der Waals surface area contributed by atoms with Crippen molar-refractivity contribution in [2.24, 2.45) is 5.41 Å². The van der Waals surface area contributed by atoms with Crippen LogP contribution < -0.4 is 5.32 Å². The van der Waals surface area contributed by atoms with Gasteiger partial charge >= 0.3 is 12.1 Å². The van der Waals surface area contributed by atoms with Crippen molar-refractivity contribution in [2.45, 2.75) is 26.1 Å². The average molecular weight is 383 g/mol. The van der Waals surface area contributed by atoms with Crippen molar-refractivity contribution in [3.63, 3.8) is 0 Å². The van der Waals surface area contributed by atoms with Crippen LogP contribution in [0.1, 0.15) is 36.0 Å². The highest BCUT2D eigenvalue weighted by Gasteiger charge is 2.53. The molecule has 0 saturated heterocycles. The number of alkyl halides is 3. The molecule has 1 amide bonds. The Morgan fingerprint density at radius 2 is 1.70 bits per heavy atom. The zero-order valence-corrected chi connectivity index (χ0v) is 14.3. The quantitative estimate of drug-likeness (QED) is 0.743. The Kier molecular flexibility index (Phi) is 5.43. The molecule has 1 atom stereocenters. The summed E-state index contributed by atoms with van der Waals surface area (Å²) in [5.41, 5.74) is -2.14. The van der Waals surface area contributed by atoms with E-state index in [0.29, 0.717) is 31.5 Å². The molecule has 0 spiro atoms. The molecule has 9 heteroatoms. The van der Waals surface area contributed by atoms with E-state index < -0.39 is 29.5 Å². The fourth-order valence-corrected chi connectivity index (χ4v) is 2.14. The lowest BCUT2D eigenvalue weighted by molar-refractivity contribution is -0.212. The molecule has 1 aromatic heterocycles. The number of hydrogen-bond donors (Lipinski definition) is 2. The summed E-state index contributed by atoms with van der Waals surface area (Å²) in [4.78, 5) is 34.1. The van der Waals surface area contributed by atoms with Crippen LogP contribution >= 0.6 is 0 Å². The number of hydrogen-bond acceptors (Lipinski definition) is 4. The van der Waals surface area contributed by atoms with E-state index in [-0.39, 0.29) is 11.3 Å². The van der Waals surface area contributed by atoms with Gasteiger partial charge in [0.05, 0.1) is 0 Å². The van der Waals surface area contributed by atoms with Gasteiger partial charge in [-0.3, -0.25) is 9.59 Å². The summed E-state index contributed by atoms with van der Waals surface area (Å²) in [7, 11) is 0. The van der Waals surface area contributed by atoms with E-state index in [9.17, 15) is 32.7 Å². The van der Waals surface area contributed by atoms with Gasteiger partial charge in [-0.25, -0.2) is 4.79 Å². The molecule has 6 nitrogen and oxygen atoms in total. The molecule has 2 aromatic rings. The Morgan fingerprint density at radius 1 is 1.11 bits per heavy atom. The van der Waals surface area contributed by atoms with E-state index in [4.69, 9.17) is 4.42 Å². The number of nitrogens with one attached hydrogen (secondary N) is 1. The maximum atomic E-state index is 13.0. The molecule has 0 aliphatic carbocycles. The summed E-state index contributed by atoms with van der Waals surface area (Å²) in [5, 5.41) is 11.2. The lowest BCUT2D eigenvalue weighted by Crippen LogP contribution is -2.48. The van der Waals surface area contributed by atoms with Crippen molar-refractivity contribution in [2.75, 3.05) is 0 Å². The summed E-state index contributed by atoms with van der Waals surface area (Å²) >= 11 is 0. The highest BCUT2D eigenvalue weighted by Crippen LogP contribution is 2.38. The van der Waals surface area contributed by atoms with Crippen molar-refractivity contribution in [1.82, 2.24) is 5.32 Å². The van der Waals surface area contributed by atoms with Crippen molar-refractivity contribution in [3.05, 3.63) is 47.7 Å². The van der Waals surface area contributed by atoms with Gasteiger partial charge in [0.2, 0.25) is 5.91 Å². The topological polar surface area (TPSA) is 96.6 Å². The van der Waals surface area contributed by atoms with Gasteiger partial charge < -0.3 is 14.8 Å². The number of carboxylic acids is 1. The number of aliphatic carboxylic acids is 1. The number of carboxylic acid groups (broad SMARTS) is 1. The Morgan fingerprint density at radius 3 is 2.15 bits per heavy atom. The normalized spacial score (nSPS) is 13.1. The second kappa shape index (κ2) is 7.26. The first-order valence-electron chi connectivity index (χ1n) is 7.73. The maximum absolute atomic E-state index is 13.0. The van der Waals surface area contributed by atoms with Crippen LogP contribution in [0.15, 0.2) is 40.8 Å². The molecule has 27 heavy (non-hydrogen) atoms. The maximum Gasteiger partial charge on any atom is 0.402 e. The van der Waals surface area contributed by atoms with Crippen LogP contribution in [0.3, 0.4) is 0 Å². The number of furan rings is 1. The Bertz CT molecular complexity index is 853. The number of carbonyl (C=O) groups excluding carboxylic acids is 2. The molecule has 0 fully saturated rings. The van der Waals surface area contributed by atoms with Gasteiger partial charge in [0.15, 0.2) is 18.1 Å². The molecule has 2 N–H and O–H groups in total. The van der Waals surface area contributed by atoms with Crippen LogP contribution in [0.25, 0.3) is 11.3 Å². The third kappa shape index (κ3) is 4.18. The van der Waals surface area contributed by atoms with Crippen molar-refractivity contribution in [1.29, 1.82) is 0 Å². The molecule has 1 aromatic carbocycles. The molecule has 0 radical (unpaired) electrons. The fourth-order valence-electron chi connectivity index (χ4n) is 2.14. The second-order valence-corrected chi connectivity index (χ2v) is 6.31. The number of aldehydes is 1. The number of halogens is 3. The Labute approximate surface area is 152 Å². The number of rotatable bonds is 6. The predicted molar refractivity (Wildman–Crippen MR) is 87.9 cm³/mol. The molecule has 2 rings (SSSR count). The minimum absolute atomic E-state index is 0.0831. The zero-order chi connectivity index (χ0) is 20.4. The molecule has 0 saturated carbocycles. The van der Waals surface area contributed by atoms with Crippen LogP contribution in [-0.4, -0.2) is 29.4 Å². The van der Waals surface area contributed by atoms with Gasteiger partial charge in [0, 0.05) is 5.56 Å². The summed E-state index contributed by atoms with van der Waals surface area (Å²) in [5.74, 6) is -2.49. The van der Waals surface area contributed by atoms with Crippen molar-refractivity contribution < 1.29 is 37.1 Å². The van der Waals surface area contributed by atoms with Gasteiger partial charge in [0.1, 0.15) is 11.2 Å². The van der Waals surface area contributed by atoms with Gasteiger partial charge in [0.25, 0.3) is 0 Å². The van der Waals surface area contributed by atoms with E-state index >= 15 is 0 Å². The predicted octanol–water partition coefficient (Wildman–Crippen LogP) is 3.59.